The van der Waals surface area contributed by atoms with Crippen LogP contribution in [0.4, 0.5) is 5.69 Å². The third-order valence-electron chi connectivity index (χ3n) is 5.64. The van der Waals surface area contributed by atoms with Crippen molar-refractivity contribution in [2.75, 3.05) is 18.6 Å². The van der Waals surface area contributed by atoms with Crippen molar-refractivity contribution in [3.63, 3.8) is 0 Å². The summed E-state index contributed by atoms with van der Waals surface area (Å²) < 4.78 is 5.22. The minimum absolute atomic E-state index is 0.312. The summed E-state index contributed by atoms with van der Waals surface area (Å²) in [6.45, 7) is 5.13. The number of nitrogens with zero attached hydrogens (tertiary/aromatic N) is 2. The minimum Gasteiger partial charge on any atom is -0.497 e. The zero-order chi connectivity index (χ0) is 22.7. The van der Waals surface area contributed by atoms with E-state index in [1.807, 2.05) is 73.3 Å². The first-order chi connectivity index (χ1) is 15.5. The second kappa shape index (κ2) is 9.10. The van der Waals surface area contributed by atoms with Crippen molar-refractivity contribution in [3.05, 3.63) is 101 Å². The summed E-state index contributed by atoms with van der Waals surface area (Å²) in [5.74, 6) is 0.0399. The highest BCUT2D eigenvalue weighted by molar-refractivity contribution is 6.45. The number of likely N-dealkylation sites (N-methyl/N-ethyl adjacent to an activating group) is 1. The Labute approximate surface area is 188 Å². The maximum Gasteiger partial charge on any atom is 0.282 e. The van der Waals surface area contributed by atoms with E-state index in [9.17, 15) is 9.59 Å². The molecular weight excluding hydrogens is 400 g/mol. The Kier molecular flexibility index (Phi) is 6.08. The molecule has 0 spiro atoms. The normalized spacial score (nSPS) is 13.7. The average Bonchev–Trinajstić information content (AvgIpc) is 3.08. The van der Waals surface area contributed by atoms with Crippen molar-refractivity contribution in [2.24, 2.45) is 0 Å². The molecule has 0 unspecified atom stereocenters. The molecule has 2 amide bonds. The van der Waals surface area contributed by atoms with E-state index in [0.717, 1.165) is 16.7 Å². The average molecular weight is 427 g/mol. The largest absolute Gasteiger partial charge is 0.497 e. The topological polar surface area (TPSA) is 49.9 Å². The van der Waals surface area contributed by atoms with Crippen LogP contribution in [0.2, 0.25) is 0 Å². The Bertz CT molecular complexity index is 1150. The number of carbonyl (C=O) groups excluding carboxylic acids is 2. The Morgan fingerprint density at radius 3 is 2.09 bits per heavy atom. The lowest BCUT2D eigenvalue weighted by Gasteiger charge is -2.25. The second-order valence-electron chi connectivity index (χ2n) is 7.73. The quantitative estimate of drug-likeness (QED) is 0.509. The van der Waals surface area contributed by atoms with Crippen LogP contribution in [0.3, 0.4) is 0 Å². The van der Waals surface area contributed by atoms with Crippen molar-refractivity contribution >= 4 is 23.1 Å². The molecule has 0 aliphatic carbocycles. The van der Waals surface area contributed by atoms with Gasteiger partial charge in [0.1, 0.15) is 11.4 Å². The first-order valence-electron chi connectivity index (χ1n) is 10.7. The molecule has 1 aliphatic rings. The van der Waals surface area contributed by atoms with Crippen LogP contribution in [0.5, 0.6) is 5.75 Å². The number of amides is 2. The molecule has 5 nitrogen and oxygen atoms in total. The third kappa shape index (κ3) is 4.02. The SMILES string of the molecule is CCN(Cc1ccccc1)C1=C(c2ccc(C)cc2)C(=O)N(c2ccc(OC)cc2)C1=O. The van der Waals surface area contributed by atoms with Gasteiger partial charge in [-0.1, -0.05) is 60.2 Å². The van der Waals surface area contributed by atoms with Crippen LogP contribution in [-0.2, 0) is 16.1 Å². The van der Waals surface area contributed by atoms with Crippen molar-refractivity contribution in [2.45, 2.75) is 20.4 Å². The zero-order valence-corrected chi connectivity index (χ0v) is 18.5. The number of carbonyl (C=O) groups is 2. The fourth-order valence-corrected chi connectivity index (χ4v) is 3.91. The molecule has 3 aromatic carbocycles. The van der Waals surface area contributed by atoms with Crippen LogP contribution in [0.1, 0.15) is 23.6 Å². The predicted molar refractivity (Wildman–Crippen MR) is 126 cm³/mol. The van der Waals surface area contributed by atoms with E-state index >= 15 is 0 Å². The molecular formula is C27H26N2O3. The molecule has 0 N–H and O–H groups in total. The monoisotopic (exact) mass is 426 g/mol. The number of ether oxygens (including phenoxy) is 1. The van der Waals surface area contributed by atoms with Gasteiger partial charge in [-0.25, -0.2) is 4.90 Å². The van der Waals surface area contributed by atoms with Gasteiger partial charge in [-0.15, -0.1) is 0 Å². The number of rotatable bonds is 7. The highest BCUT2D eigenvalue weighted by Gasteiger charge is 2.42. The van der Waals surface area contributed by atoms with Crippen LogP contribution in [0.15, 0.2) is 84.6 Å². The summed E-state index contributed by atoms with van der Waals surface area (Å²) in [4.78, 5) is 30.6. The van der Waals surface area contributed by atoms with Crippen molar-refractivity contribution in [3.8, 4) is 5.75 Å². The molecule has 1 heterocycles. The molecule has 0 saturated heterocycles. The van der Waals surface area contributed by atoms with E-state index in [1.54, 1.807) is 31.4 Å². The minimum atomic E-state index is -0.314. The summed E-state index contributed by atoms with van der Waals surface area (Å²) in [5.41, 5.74) is 4.30. The van der Waals surface area contributed by atoms with Gasteiger partial charge in [0.25, 0.3) is 11.8 Å². The number of hydrogen-bond acceptors (Lipinski definition) is 4. The number of hydrogen-bond donors (Lipinski definition) is 0. The van der Waals surface area contributed by atoms with Crippen LogP contribution >= 0.6 is 0 Å². The molecule has 0 aromatic heterocycles. The molecule has 3 aromatic rings. The van der Waals surface area contributed by atoms with E-state index in [0.29, 0.717) is 35.8 Å². The van der Waals surface area contributed by atoms with E-state index in [4.69, 9.17) is 4.74 Å². The molecule has 0 fully saturated rings. The van der Waals surface area contributed by atoms with Gasteiger partial charge in [-0.05, 0) is 49.2 Å². The van der Waals surface area contributed by atoms with Crippen LogP contribution in [0, 0.1) is 6.92 Å². The Morgan fingerprint density at radius 2 is 1.50 bits per heavy atom. The smallest absolute Gasteiger partial charge is 0.282 e. The van der Waals surface area contributed by atoms with Crippen LogP contribution < -0.4 is 9.64 Å². The first kappa shape index (κ1) is 21.4. The van der Waals surface area contributed by atoms with E-state index in [-0.39, 0.29) is 11.8 Å². The fourth-order valence-electron chi connectivity index (χ4n) is 3.91. The predicted octanol–water partition coefficient (Wildman–Crippen LogP) is 4.81. The zero-order valence-electron chi connectivity index (χ0n) is 18.5. The highest BCUT2D eigenvalue weighted by atomic mass is 16.5. The maximum absolute atomic E-state index is 13.7. The molecule has 4 rings (SSSR count). The van der Waals surface area contributed by atoms with Gasteiger partial charge in [0.2, 0.25) is 0 Å². The number of imide groups is 1. The second-order valence-corrected chi connectivity index (χ2v) is 7.73. The van der Waals surface area contributed by atoms with Crippen molar-refractivity contribution < 1.29 is 14.3 Å². The summed E-state index contributed by atoms with van der Waals surface area (Å²) in [6.07, 6.45) is 0. The van der Waals surface area contributed by atoms with Gasteiger partial charge in [0.05, 0.1) is 18.4 Å². The van der Waals surface area contributed by atoms with Crippen LogP contribution in [-0.4, -0.2) is 30.4 Å². The van der Waals surface area contributed by atoms with E-state index in [2.05, 4.69) is 0 Å². The van der Waals surface area contributed by atoms with E-state index < -0.39 is 0 Å². The van der Waals surface area contributed by atoms with Gasteiger partial charge in [-0.3, -0.25) is 9.59 Å². The first-order valence-corrected chi connectivity index (χ1v) is 10.7. The molecule has 0 atom stereocenters. The summed E-state index contributed by atoms with van der Waals surface area (Å²) in [5, 5.41) is 0. The van der Waals surface area contributed by atoms with Gasteiger partial charge < -0.3 is 9.64 Å². The summed E-state index contributed by atoms with van der Waals surface area (Å²) in [7, 11) is 1.58. The lowest BCUT2D eigenvalue weighted by atomic mass is 10.0. The molecule has 32 heavy (non-hydrogen) atoms. The molecule has 0 bridgehead atoms. The summed E-state index contributed by atoms with van der Waals surface area (Å²) >= 11 is 0. The van der Waals surface area contributed by atoms with Gasteiger partial charge in [0.15, 0.2) is 0 Å². The third-order valence-corrected chi connectivity index (χ3v) is 5.64. The van der Waals surface area contributed by atoms with Crippen LogP contribution in [0.25, 0.3) is 5.57 Å². The Hall–Kier alpha value is -3.86. The molecule has 1 aliphatic heterocycles. The fraction of sp³-hybridized carbons (Fsp3) is 0.185. The molecule has 162 valence electrons. The van der Waals surface area contributed by atoms with Crippen molar-refractivity contribution in [1.29, 1.82) is 0 Å². The van der Waals surface area contributed by atoms with Gasteiger partial charge in [0, 0.05) is 13.1 Å². The van der Waals surface area contributed by atoms with Gasteiger partial charge in [-0.2, -0.15) is 0 Å². The van der Waals surface area contributed by atoms with Gasteiger partial charge >= 0.3 is 0 Å². The van der Waals surface area contributed by atoms with E-state index in [1.165, 1.54) is 4.90 Å². The molecule has 5 heteroatoms. The molecule has 0 saturated carbocycles. The standard InChI is InChI=1S/C27H26N2O3/c1-4-28(18-20-8-6-5-7-9-20)25-24(21-12-10-19(2)11-13-21)26(30)29(27(25)31)22-14-16-23(32-3)17-15-22/h5-17H,4,18H2,1-3H3. The van der Waals surface area contributed by atoms with Crippen molar-refractivity contribution in [1.82, 2.24) is 4.90 Å². The number of methoxy groups -OCH3 is 1. The highest BCUT2D eigenvalue weighted by Crippen LogP contribution is 2.36. The summed E-state index contributed by atoms with van der Waals surface area (Å²) in [6, 6.07) is 24.7. The number of anilines is 1. The number of aryl methyl sites for hydroxylation is 1. The lowest BCUT2D eigenvalue weighted by Crippen LogP contribution is -2.35. The Balaban J connectivity index is 1.80. The Morgan fingerprint density at radius 1 is 0.844 bits per heavy atom. The maximum atomic E-state index is 13.7. The lowest BCUT2D eigenvalue weighted by molar-refractivity contribution is -0.120. The molecule has 0 radical (unpaired) electrons. The number of benzene rings is 3.